The third kappa shape index (κ3) is 3.68. The van der Waals surface area contributed by atoms with Gasteiger partial charge in [-0.15, -0.1) is 11.3 Å². The van der Waals surface area contributed by atoms with Gasteiger partial charge in [-0.2, -0.15) is 0 Å². The van der Waals surface area contributed by atoms with Crippen LogP contribution in [0.15, 0.2) is 77.4 Å². The average Bonchev–Trinajstić information content (AvgIpc) is 3.34. The molecule has 130 valence electrons. The number of nitrogens with zero attached hydrogens (tertiary/aromatic N) is 1. The zero-order valence-electron chi connectivity index (χ0n) is 14.1. The third-order valence-electron chi connectivity index (χ3n) is 4.17. The second-order valence-electron chi connectivity index (χ2n) is 6.00. The van der Waals surface area contributed by atoms with E-state index in [0.29, 0.717) is 12.8 Å². The molecule has 1 unspecified atom stereocenters. The van der Waals surface area contributed by atoms with Crippen LogP contribution in [0.4, 0.5) is 0 Å². The van der Waals surface area contributed by atoms with Crippen LogP contribution < -0.4 is 5.32 Å². The first-order valence-electron chi connectivity index (χ1n) is 8.52. The first-order valence-corrected chi connectivity index (χ1v) is 9.33. The molecule has 0 spiro atoms. The lowest BCUT2D eigenvalue weighted by atomic mass is 10.0. The van der Waals surface area contributed by atoms with Crippen molar-refractivity contribution < 1.29 is 9.21 Å². The summed E-state index contributed by atoms with van der Waals surface area (Å²) in [6.07, 6.45) is 2.65. The molecule has 0 aliphatic rings. The summed E-state index contributed by atoms with van der Waals surface area (Å²) in [6.45, 7) is 0. The number of aromatic nitrogens is 1. The van der Waals surface area contributed by atoms with Crippen LogP contribution in [-0.4, -0.2) is 10.9 Å². The number of nitrogens with one attached hydrogen (secondary N) is 1. The van der Waals surface area contributed by atoms with E-state index in [1.165, 1.54) is 0 Å². The quantitative estimate of drug-likeness (QED) is 0.539. The summed E-state index contributed by atoms with van der Waals surface area (Å²) < 4.78 is 6.68. The lowest BCUT2D eigenvalue weighted by molar-refractivity contribution is -0.121. The highest BCUT2D eigenvalue weighted by molar-refractivity contribution is 7.18. The summed E-state index contributed by atoms with van der Waals surface area (Å²) in [7, 11) is 0. The van der Waals surface area contributed by atoms with E-state index in [1.54, 1.807) is 17.6 Å². The highest BCUT2D eigenvalue weighted by Gasteiger charge is 2.19. The number of para-hydroxylation sites is 1. The number of furan rings is 1. The van der Waals surface area contributed by atoms with Gasteiger partial charge in [0.15, 0.2) is 0 Å². The van der Waals surface area contributed by atoms with Gasteiger partial charge in [-0.1, -0.05) is 42.5 Å². The second-order valence-corrected chi connectivity index (χ2v) is 7.12. The standard InChI is InChI=1S/C21H18N2O2S/c24-19(12-13-20-22-16-9-4-5-11-18(16)26-20)23-21(17-10-6-14-25-17)15-7-2-1-3-8-15/h1-11,14,21H,12-13H2,(H,23,24). The van der Waals surface area contributed by atoms with Crippen LogP contribution in [0.1, 0.15) is 28.8 Å². The Morgan fingerprint density at radius 3 is 2.62 bits per heavy atom. The molecule has 0 bridgehead atoms. The molecule has 0 saturated heterocycles. The topological polar surface area (TPSA) is 55.1 Å². The van der Waals surface area contributed by atoms with Crippen LogP contribution in [0.3, 0.4) is 0 Å². The number of rotatable bonds is 6. The fraction of sp³-hybridized carbons (Fsp3) is 0.143. The highest BCUT2D eigenvalue weighted by atomic mass is 32.1. The minimum atomic E-state index is -0.283. The number of benzene rings is 2. The molecule has 4 aromatic rings. The summed E-state index contributed by atoms with van der Waals surface area (Å²) in [4.78, 5) is 17.1. The van der Waals surface area contributed by atoms with Gasteiger partial charge in [0.25, 0.3) is 0 Å². The van der Waals surface area contributed by atoms with E-state index < -0.39 is 0 Å². The van der Waals surface area contributed by atoms with Crippen molar-refractivity contribution in [2.75, 3.05) is 0 Å². The fourth-order valence-electron chi connectivity index (χ4n) is 2.90. The molecule has 0 aliphatic carbocycles. The second kappa shape index (κ2) is 7.54. The molecule has 2 aromatic heterocycles. The molecular weight excluding hydrogens is 344 g/mol. The van der Waals surface area contributed by atoms with E-state index in [9.17, 15) is 4.79 Å². The Morgan fingerprint density at radius 2 is 1.85 bits per heavy atom. The summed E-state index contributed by atoms with van der Waals surface area (Å²) in [5.74, 6) is 0.707. The molecule has 5 heteroatoms. The number of hydrogen-bond acceptors (Lipinski definition) is 4. The molecule has 4 rings (SSSR count). The molecule has 4 nitrogen and oxygen atoms in total. The largest absolute Gasteiger partial charge is 0.467 e. The lowest BCUT2D eigenvalue weighted by Gasteiger charge is -2.17. The minimum absolute atomic E-state index is 0.0190. The van der Waals surface area contributed by atoms with Crippen LogP contribution in [-0.2, 0) is 11.2 Å². The van der Waals surface area contributed by atoms with Crippen molar-refractivity contribution in [3.8, 4) is 0 Å². The van der Waals surface area contributed by atoms with Crippen molar-refractivity contribution in [3.63, 3.8) is 0 Å². The van der Waals surface area contributed by atoms with Crippen LogP contribution in [0.2, 0.25) is 0 Å². The summed E-state index contributed by atoms with van der Waals surface area (Å²) >= 11 is 1.64. The van der Waals surface area contributed by atoms with Crippen LogP contribution in [0.25, 0.3) is 10.2 Å². The molecule has 0 fully saturated rings. The van der Waals surface area contributed by atoms with E-state index in [-0.39, 0.29) is 11.9 Å². The molecule has 2 aromatic carbocycles. The Hall–Kier alpha value is -2.92. The zero-order valence-corrected chi connectivity index (χ0v) is 14.9. The summed E-state index contributed by atoms with van der Waals surface area (Å²) in [5, 5.41) is 4.07. The summed E-state index contributed by atoms with van der Waals surface area (Å²) in [5.41, 5.74) is 1.99. The van der Waals surface area contributed by atoms with Crippen LogP contribution >= 0.6 is 11.3 Å². The van der Waals surface area contributed by atoms with Crippen molar-refractivity contribution in [3.05, 3.63) is 89.3 Å². The Balaban J connectivity index is 1.45. The predicted octanol–water partition coefficient (Wildman–Crippen LogP) is 4.73. The minimum Gasteiger partial charge on any atom is -0.467 e. The Morgan fingerprint density at radius 1 is 1.04 bits per heavy atom. The zero-order chi connectivity index (χ0) is 17.8. The average molecular weight is 362 g/mol. The Kier molecular flexibility index (Phi) is 4.80. The van der Waals surface area contributed by atoms with Crippen molar-refractivity contribution in [2.45, 2.75) is 18.9 Å². The maximum absolute atomic E-state index is 12.5. The molecule has 1 amide bonds. The smallest absolute Gasteiger partial charge is 0.221 e. The van der Waals surface area contributed by atoms with Gasteiger partial charge in [0.1, 0.15) is 11.8 Å². The van der Waals surface area contributed by atoms with Gasteiger partial charge in [0.2, 0.25) is 5.91 Å². The number of carbonyl (C=O) groups is 1. The number of amides is 1. The van der Waals surface area contributed by atoms with E-state index in [1.807, 2.05) is 60.7 Å². The molecule has 2 heterocycles. The van der Waals surface area contributed by atoms with Gasteiger partial charge in [0.05, 0.1) is 21.5 Å². The van der Waals surface area contributed by atoms with E-state index in [4.69, 9.17) is 4.42 Å². The number of fused-ring (bicyclic) bond motifs is 1. The molecule has 1 N–H and O–H groups in total. The normalized spacial score (nSPS) is 12.2. The molecule has 0 saturated carbocycles. The van der Waals surface area contributed by atoms with Gasteiger partial charge in [-0.25, -0.2) is 4.98 Å². The molecular formula is C21H18N2O2S. The Bertz CT molecular complexity index is 960. The first kappa shape index (κ1) is 16.5. The third-order valence-corrected chi connectivity index (χ3v) is 5.27. The van der Waals surface area contributed by atoms with Gasteiger partial charge in [-0.3, -0.25) is 4.79 Å². The number of aryl methyl sites for hydroxylation is 1. The van der Waals surface area contributed by atoms with E-state index in [2.05, 4.69) is 16.4 Å². The van der Waals surface area contributed by atoms with Crippen molar-refractivity contribution in [2.24, 2.45) is 0 Å². The number of thiazole rings is 1. The predicted molar refractivity (Wildman–Crippen MR) is 103 cm³/mol. The lowest BCUT2D eigenvalue weighted by Crippen LogP contribution is -2.29. The van der Waals surface area contributed by atoms with Gasteiger partial charge >= 0.3 is 0 Å². The number of hydrogen-bond donors (Lipinski definition) is 1. The van der Waals surface area contributed by atoms with Crippen molar-refractivity contribution in [1.29, 1.82) is 0 Å². The van der Waals surface area contributed by atoms with Gasteiger partial charge in [0, 0.05) is 12.8 Å². The molecule has 26 heavy (non-hydrogen) atoms. The fourth-order valence-corrected chi connectivity index (χ4v) is 3.87. The number of carbonyl (C=O) groups excluding carboxylic acids is 1. The van der Waals surface area contributed by atoms with Crippen LogP contribution in [0, 0.1) is 0 Å². The highest BCUT2D eigenvalue weighted by Crippen LogP contribution is 2.24. The SMILES string of the molecule is O=C(CCc1nc2ccccc2s1)NC(c1ccccc1)c1ccco1. The molecule has 0 aliphatic heterocycles. The maximum atomic E-state index is 12.5. The van der Waals surface area contributed by atoms with E-state index >= 15 is 0 Å². The van der Waals surface area contributed by atoms with Gasteiger partial charge in [-0.05, 0) is 29.8 Å². The monoisotopic (exact) mass is 362 g/mol. The van der Waals surface area contributed by atoms with Crippen LogP contribution in [0.5, 0.6) is 0 Å². The molecule has 0 radical (unpaired) electrons. The van der Waals surface area contributed by atoms with Gasteiger partial charge < -0.3 is 9.73 Å². The maximum Gasteiger partial charge on any atom is 0.221 e. The first-order chi connectivity index (χ1) is 12.8. The van der Waals surface area contributed by atoms with Crippen molar-refractivity contribution in [1.82, 2.24) is 10.3 Å². The summed E-state index contributed by atoms with van der Waals surface area (Å²) in [6, 6.07) is 21.3. The Labute approximate surface area is 155 Å². The molecule has 1 atom stereocenters. The van der Waals surface area contributed by atoms with E-state index in [0.717, 1.165) is 26.5 Å². The van der Waals surface area contributed by atoms with Crippen molar-refractivity contribution >= 4 is 27.5 Å².